The van der Waals surface area contributed by atoms with Gasteiger partial charge in [-0.2, -0.15) is 0 Å². The minimum Gasteiger partial charge on any atom is -0.481 e. The molecule has 1 aliphatic rings. The molecule has 0 bridgehead atoms. The van der Waals surface area contributed by atoms with Crippen LogP contribution in [0.3, 0.4) is 0 Å². The van der Waals surface area contributed by atoms with Crippen LogP contribution in [0.4, 0.5) is 17.1 Å². The Morgan fingerprint density at radius 2 is 1.53 bits per heavy atom. The number of hydrogen-bond acceptors (Lipinski definition) is 7. The number of nitrogens with one attached hydrogen (secondary N) is 3. The van der Waals surface area contributed by atoms with Crippen molar-refractivity contribution in [2.24, 2.45) is 0 Å². The molecule has 1 aliphatic carbocycles. The van der Waals surface area contributed by atoms with Gasteiger partial charge in [0.05, 0.1) is 17.4 Å². The number of sulfonamides is 1. The van der Waals surface area contributed by atoms with Crippen LogP contribution in [0.2, 0.25) is 0 Å². The van der Waals surface area contributed by atoms with Gasteiger partial charge in [0.1, 0.15) is 11.4 Å². The number of benzene rings is 3. The van der Waals surface area contributed by atoms with E-state index in [0.717, 1.165) is 12.8 Å². The Kier molecular flexibility index (Phi) is 6.83. The molecular weight excluding hydrogens is 506 g/mol. The molecule has 0 saturated heterocycles. The Morgan fingerprint density at radius 3 is 2.21 bits per heavy atom. The molecule has 10 heteroatoms. The summed E-state index contributed by atoms with van der Waals surface area (Å²) in [5, 5.41) is 15.4. The van der Waals surface area contributed by atoms with Crippen LogP contribution in [0.5, 0.6) is 0 Å². The van der Waals surface area contributed by atoms with E-state index in [1.165, 1.54) is 12.1 Å². The first-order valence-electron chi connectivity index (χ1n) is 12.1. The lowest BCUT2D eigenvalue weighted by Crippen LogP contribution is -2.37. The fourth-order valence-corrected chi connectivity index (χ4v) is 5.46. The van der Waals surface area contributed by atoms with E-state index in [4.69, 9.17) is 0 Å². The second kappa shape index (κ2) is 10.2. The largest absolute Gasteiger partial charge is 0.481 e. The van der Waals surface area contributed by atoms with Gasteiger partial charge in [-0.3, -0.25) is 14.4 Å². The lowest BCUT2D eigenvalue weighted by molar-refractivity contribution is -0.137. The Hall–Kier alpha value is -4.28. The molecule has 4 aromatic carbocycles. The Bertz CT molecular complexity index is 1670. The molecule has 4 aromatic rings. The van der Waals surface area contributed by atoms with Gasteiger partial charge in [-0.1, -0.05) is 54.6 Å². The summed E-state index contributed by atoms with van der Waals surface area (Å²) >= 11 is 0. The summed E-state index contributed by atoms with van der Waals surface area (Å²) in [6, 6.07) is 21.2. The van der Waals surface area contributed by atoms with Crippen LogP contribution < -0.4 is 26.2 Å². The monoisotopic (exact) mass is 531 g/mol. The van der Waals surface area contributed by atoms with E-state index in [9.17, 15) is 27.9 Å². The highest BCUT2D eigenvalue weighted by molar-refractivity contribution is 7.89. The zero-order chi connectivity index (χ0) is 26.9. The maximum Gasteiger partial charge on any atom is 0.305 e. The second-order valence-corrected chi connectivity index (χ2v) is 11.0. The Labute approximate surface area is 218 Å². The molecule has 0 radical (unpaired) electrons. The molecule has 0 spiro atoms. The van der Waals surface area contributed by atoms with Crippen molar-refractivity contribution < 1.29 is 18.3 Å². The van der Waals surface area contributed by atoms with Gasteiger partial charge >= 0.3 is 5.97 Å². The summed E-state index contributed by atoms with van der Waals surface area (Å²) in [5.74, 6) is -1.13. The molecule has 0 amide bonds. The molecular formula is C28H25N3O6S. The first-order chi connectivity index (χ1) is 18.2. The van der Waals surface area contributed by atoms with E-state index in [1.54, 1.807) is 66.7 Å². The van der Waals surface area contributed by atoms with E-state index in [0.29, 0.717) is 28.1 Å². The molecule has 1 unspecified atom stereocenters. The van der Waals surface area contributed by atoms with Crippen molar-refractivity contribution in [1.82, 2.24) is 4.72 Å². The van der Waals surface area contributed by atoms with Crippen molar-refractivity contribution in [3.8, 4) is 11.1 Å². The molecule has 1 saturated carbocycles. The van der Waals surface area contributed by atoms with Crippen LogP contribution in [0.15, 0.2) is 93.3 Å². The van der Waals surface area contributed by atoms with Crippen molar-refractivity contribution >= 4 is 33.1 Å². The normalized spacial score (nSPS) is 14.2. The van der Waals surface area contributed by atoms with Gasteiger partial charge in [0, 0.05) is 11.7 Å². The van der Waals surface area contributed by atoms with E-state index >= 15 is 0 Å². The molecule has 1 atom stereocenters. The summed E-state index contributed by atoms with van der Waals surface area (Å²) in [7, 11) is -4.06. The van der Waals surface area contributed by atoms with Crippen molar-refractivity contribution in [2.75, 3.05) is 10.6 Å². The quantitative estimate of drug-likeness (QED) is 0.214. The van der Waals surface area contributed by atoms with E-state index in [1.807, 2.05) is 0 Å². The molecule has 0 heterocycles. The fourth-order valence-electron chi connectivity index (χ4n) is 4.19. The van der Waals surface area contributed by atoms with Crippen LogP contribution in [0.1, 0.15) is 30.9 Å². The molecule has 38 heavy (non-hydrogen) atoms. The minimum atomic E-state index is -4.06. The van der Waals surface area contributed by atoms with Crippen LogP contribution in [0.25, 0.3) is 11.1 Å². The number of rotatable bonds is 11. The van der Waals surface area contributed by atoms with Crippen molar-refractivity contribution in [2.45, 2.75) is 36.2 Å². The first kappa shape index (κ1) is 25.4. The SMILES string of the molecule is O=C(O)CC(NS(=O)(=O)c1cccc(-c2cccc(Nc3c(NC4CC4)c(=O)c3=O)c2)c1)c1ccccc1. The molecule has 5 rings (SSSR count). The second-order valence-electron chi connectivity index (χ2n) is 9.24. The highest BCUT2D eigenvalue weighted by Crippen LogP contribution is 2.30. The highest BCUT2D eigenvalue weighted by atomic mass is 32.2. The summed E-state index contributed by atoms with van der Waals surface area (Å²) < 4.78 is 29.0. The number of hydrogen-bond donors (Lipinski definition) is 4. The van der Waals surface area contributed by atoms with E-state index in [2.05, 4.69) is 15.4 Å². The lowest BCUT2D eigenvalue weighted by atomic mass is 10.0. The smallest absolute Gasteiger partial charge is 0.305 e. The van der Waals surface area contributed by atoms with Crippen LogP contribution in [-0.4, -0.2) is 25.5 Å². The summed E-state index contributed by atoms with van der Waals surface area (Å²) in [6.07, 6.45) is 1.51. The summed E-state index contributed by atoms with van der Waals surface area (Å²) in [4.78, 5) is 35.5. The topological polar surface area (TPSA) is 142 Å². The zero-order valence-electron chi connectivity index (χ0n) is 20.2. The number of anilines is 3. The Morgan fingerprint density at radius 1 is 0.868 bits per heavy atom. The van der Waals surface area contributed by atoms with Crippen LogP contribution in [-0.2, 0) is 14.8 Å². The van der Waals surface area contributed by atoms with Crippen molar-refractivity contribution in [3.63, 3.8) is 0 Å². The maximum atomic E-state index is 13.2. The minimum absolute atomic E-state index is 0.0157. The van der Waals surface area contributed by atoms with Crippen LogP contribution in [0, 0.1) is 0 Å². The summed E-state index contributed by atoms with van der Waals surface area (Å²) in [6.45, 7) is 0. The predicted octanol–water partition coefficient (Wildman–Crippen LogP) is 3.76. The van der Waals surface area contributed by atoms with Gasteiger partial charge in [-0.25, -0.2) is 13.1 Å². The lowest BCUT2D eigenvalue weighted by Gasteiger charge is -2.18. The number of carboxylic acid groups (broad SMARTS) is 1. The highest BCUT2D eigenvalue weighted by Gasteiger charge is 2.28. The van der Waals surface area contributed by atoms with Gasteiger partial charge < -0.3 is 15.7 Å². The van der Waals surface area contributed by atoms with E-state index in [-0.39, 0.29) is 16.6 Å². The Balaban J connectivity index is 1.39. The zero-order valence-corrected chi connectivity index (χ0v) is 21.0. The average molecular weight is 532 g/mol. The van der Waals surface area contributed by atoms with Gasteiger partial charge in [-0.05, 0) is 53.8 Å². The molecule has 1 fully saturated rings. The third kappa shape index (κ3) is 5.51. The molecule has 0 aromatic heterocycles. The summed E-state index contributed by atoms with van der Waals surface area (Å²) in [5.41, 5.74) is 1.83. The van der Waals surface area contributed by atoms with Gasteiger partial charge in [0.25, 0.3) is 10.9 Å². The van der Waals surface area contributed by atoms with Gasteiger partial charge in [-0.15, -0.1) is 0 Å². The van der Waals surface area contributed by atoms with Crippen LogP contribution >= 0.6 is 0 Å². The predicted molar refractivity (Wildman–Crippen MR) is 145 cm³/mol. The van der Waals surface area contributed by atoms with Crippen molar-refractivity contribution in [3.05, 3.63) is 105 Å². The molecule has 0 aliphatic heterocycles. The van der Waals surface area contributed by atoms with Crippen molar-refractivity contribution in [1.29, 1.82) is 0 Å². The third-order valence-electron chi connectivity index (χ3n) is 6.32. The fraction of sp³-hybridized carbons (Fsp3) is 0.179. The third-order valence-corrected chi connectivity index (χ3v) is 7.79. The first-order valence-corrected chi connectivity index (χ1v) is 13.6. The molecule has 9 nitrogen and oxygen atoms in total. The number of carboxylic acids is 1. The van der Waals surface area contributed by atoms with Gasteiger partial charge in [0.2, 0.25) is 10.0 Å². The molecule has 194 valence electrons. The van der Waals surface area contributed by atoms with E-state index < -0.39 is 39.3 Å². The number of aliphatic carboxylic acids is 1. The molecule has 4 N–H and O–H groups in total. The van der Waals surface area contributed by atoms with Gasteiger partial charge in [0.15, 0.2) is 0 Å². The number of carbonyl (C=O) groups is 1. The maximum absolute atomic E-state index is 13.2. The standard InChI is InChI=1S/C28H25N3O6S/c32-24(33)16-23(17-6-2-1-3-7-17)31-38(36,37)22-11-5-9-19(15-22)18-8-4-10-21(14-18)30-26-25(27(34)28(26)35)29-20-12-13-20/h1-11,14-15,20,23,29-31H,12-13,16H2,(H,32,33). The average Bonchev–Trinajstić information content (AvgIpc) is 3.75.